The highest BCUT2D eigenvalue weighted by atomic mass is 19.4. The summed E-state index contributed by atoms with van der Waals surface area (Å²) in [5, 5.41) is 5.02. The van der Waals surface area contributed by atoms with Crippen LogP contribution >= 0.6 is 0 Å². The van der Waals surface area contributed by atoms with Gasteiger partial charge in [-0.25, -0.2) is 4.79 Å². The SMILES string of the molecule is CCOC(CNC(=O)Nc1ccc(OC(F)(F)F)cc1)OCC. The normalized spacial score (nSPS) is 11.4. The predicted octanol–water partition coefficient (Wildman–Crippen LogP) is 3.11. The Morgan fingerprint density at radius 2 is 1.70 bits per heavy atom. The molecule has 0 saturated heterocycles. The van der Waals surface area contributed by atoms with Gasteiger partial charge < -0.3 is 24.8 Å². The number of nitrogens with one attached hydrogen (secondary N) is 2. The average molecular weight is 336 g/mol. The molecule has 130 valence electrons. The van der Waals surface area contributed by atoms with Gasteiger partial charge in [-0.2, -0.15) is 0 Å². The van der Waals surface area contributed by atoms with Crippen LogP contribution in [0.1, 0.15) is 13.8 Å². The summed E-state index contributed by atoms with van der Waals surface area (Å²) in [6.07, 6.45) is -5.31. The highest BCUT2D eigenvalue weighted by Crippen LogP contribution is 2.23. The van der Waals surface area contributed by atoms with E-state index in [1.165, 1.54) is 12.1 Å². The summed E-state index contributed by atoms with van der Waals surface area (Å²) in [6.45, 7) is 4.62. The predicted molar refractivity (Wildman–Crippen MR) is 77.2 cm³/mol. The number of alkyl halides is 3. The number of urea groups is 1. The van der Waals surface area contributed by atoms with Crippen molar-refractivity contribution in [1.82, 2.24) is 5.32 Å². The van der Waals surface area contributed by atoms with Crippen LogP contribution in [0, 0.1) is 0 Å². The van der Waals surface area contributed by atoms with Crippen LogP contribution in [-0.2, 0) is 9.47 Å². The van der Waals surface area contributed by atoms with E-state index in [1.54, 1.807) is 13.8 Å². The molecule has 0 aliphatic heterocycles. The van der Waals surface area contributed by atoms with Crippen LogP contribution in [0.15, 0.2) is 24.3 Å². The lowest BCUT2D eigenvalue weighted by atomic mass is 10.3. The molecule has 1 aromatic rings. The van der Waals surface area contributed by atoms with Gasteiger partial charge in [-0.3, -0.25) is 0 Å². The van der Waals surface area contributed by atoms with E-state index in [0.717, 1.165) is 12.1 Å². The minimum Gasteiger partial charge on any atom is -0.406 e. The van der Waals surface area contributed by atoms with Crippen LogP contribution in [0.4, 0.5) is 23.7 Å². The Kier molecular flexibility index (Phi) is 7.63. The minimum absolute atomic E-state index is 0.142. The molecule has 1 rings (SSSR count). The molecule has 0 atom stereocenters. The van der Waals surface area contributed by atoms with E-state index in [1.807, 2.05) is 0 Å². The molecule has 0 spiro atoms. The first kappa shape index (κ1) is 19.0. The highest BCUT2D eigenvalue weighted by molar-refractivity contribution is 5.89. The second kappa shape index (κ2) is 9.21. The van der Waals surface area contributed by atoms with Gasteiger partial charge in [-0.15, -0.1) is 13.2 Å². The number of anilines is 1. The monoisotopic (exact) mass is 336 g/mol. The van der Waals surface area contributed by atoms with Crippen LogP contribution in [0.3, 0.4) is 0 Å². The number of carbonyl (C=O) groups is 1. The topological polar surface area (TPSA) is 68.8 Å². The lowest BCUT2D eigenvalue weighted by Gasteiger charge is -2.17. The van der Waals surface area contributed by atoms with Crippen molar-refractivity contribution in [2.75, 3.05) is 25.1 Å². The Balaban J connectivity index is 2.44. The van der Waals surface area contributed by atoms with Crippen molar-refractivity contribution < 1.29 is 32.2 Å². The molecule has 1 aromatic carbocycles. The zero-order valence-corrected chi connectivity index (χ0v) is 12.8. The third-order valence-electron chi connectivity index (χ3n) is 2.48. The fraction of sp³-hybridized carbons (Fsp3) is 0.500. The van der Waals surface area contributed by atoms with E-state index in [2.05, 4.69) is 15.4 Å². The largest absolute Gasteiger partial charge is 0.573 e. The molecule has 0 bridgehead atoms. The van der Waals surface area contributed by atoms with Crippen LogP contribution < -0.4 is 15.4 Å². The maximum Gasteiger partial charge on any atom is 0.573 e. The molecular formula is C14H19F3N2O4. The number of amides is 2. The van der Waals surface area contributed by atoms with E-state index in [-0.39, 0.29) is 12.3 Å². The fourth-order valence-corrected chi connectivity index (χ4v) is 1.63. The molecular weight excluding hydrogens is 317 g/mol. The Labute approximate surface area is 131 Å². The first-order valence-electron chi connectivity index (χ1n) is 6.98. The van der Waals surface area contributed by atoms with Gasteiger partial charge >= 0.3 is 12.4 Å². The number of halogens is 3. The van der Waals surface area contributed by atoms with Crippen molar-refractivity contribution in [3.05, 3.63) is 24.3 Å². The lowest BCUT2D eigenvalue weighted by Crippen LogP contribution is -2.37. The molecule has 0 heterocycles. The van der Waals surface area contributed by atoms with Crippen molar-refractivity contribution in [2.45, 2.75) is 26.5 Å². The third-order valence-corrected chi connectivity index (χ3v) is 2.48. The summed E-state index contributed by atoms with van der Waals surface area (Å²) in [4.78, 5) is 11.7. The standard InChI is InChI=1S/C14H19F3N2O4/c1-3-21-12(22-4-2)9-18-13(20)19-10-5-7-11(8-6-10)23-14(15,16)17/h5-8,12H,3-4,9H2,1-2H3,(H2,18,19,20). The van der Waals surface area contributed by atoms with Crippen LogP contribution in [-0.4, -0.2) is 38.4 Å². The fourth-order valence-electron chi connectivity index (χ4n) is 1.63. The van der Waals surface area contributed by atoms with E-state index < -0.39 is 18.7 Å². The molecule has 0 fully saturated rings. The van der Waals surface area contributed by atoms with Gasteiger partial charge in [0.2, 0.25) is 0 Å². The first-order chi connectivity index (χ1) is 10.8. The molecule has 0 radical (unpaired) electrons. The number of benzene rings is 1. The van der Waals surface area contributed by atoms with Crippen LogP contribution in [0.5, 0.6) is 5.75 Å². The van der Waals surface area contributed by atoms with Gasteiger partial charge in [0.1, 0.15) is 5.75 Å². The van der Waals surface area contributed by atoms with E-state index in [4.69, 9.17) is 9.47 Å². The summed E-state index contributed by atoms with van der Waals surface area (Å²) in [6, 6.07) is 4.27. The smallest absolute Gasteiger partial charge is 0.406 e. The summed E-state index contributed by atoms with van der Waals surface area (Å²) >= 11 is 0. The van der Waals surface area contributed by atoms with Crippen molar-refractivity contribution in [2.24, 2.45) is 0 Å². The molecule has 9 heteroatoms. The van der Waals surface area contributed by atoms with Gasteiger partial charge in [0.15, 0.2) is 6.29 Å². The Bertz CT molecular complexity index is 474. The summed E-state index contributed by atoms with van der Waals surface area (Å²) in [7, 11) is 0. The van der Waals surface area contributed by atoms with Crippen LogP contribution in [0.2, 0.25) is 0 Å². The van der Waals surface area contributed by atoms with Gasteiger partial charge in [-0.1, -0.05) is 0 Å². The van der Waals surface area contributed by atoms with Crippen molar-refractivity contribution in [3.8, 4) is 5.75 Å². The van der Waals surface area contributed by atoms with Crippen molar-refractivity contribution >= 4 is 11.7 Å². The van der Waals surface area contributed by atoms with Crippen LogP contribution in [0.25, 0.3) is 0 Å². The number of hydrogen-bond donors (Lipinski definition) is 2. The average Bonchev–Trinajstić information content (AvgIpc) is 2.46. The second-order valence-corrected chi connectivity index (χ2v) is 4.25. The molecule has 0 aliphatic rings. The molecule has 23 heavy (non-hydrogen) atoms. The van der Waals surface area contributed by atoms with Crippen molar-refractivity contribution in [3.63, 3.8) is 0 Å². The minimum atomic E-state index is -4.75. The molecule has 6 nitrogen and oxygen atoms in total. The third kappa shape index (κ3) is 8.27. The van der Waals surface area contributed by atoms with Gasteiger partial charge in [0.25, 0.3) is 0 Å². The lowest BCUT2D eigenvalue weighted by molar-refractivity contribution is -0.274. The molecule has 2 amide bonds. The summed E-state index contributed by atoms with van der Waals surface area (Å²) in [5.41, 5.74) is 0.321. The Morgan fingerprint density at radius 3 is 2.17 bits per heavy atom. The summed E-state index contributed by atoms with van der Waals surface area (Å²) in [5.74, 6) is -0.365. The zero-order chi connectivity index (χ0) is 17.3. The van der Waals surface area contributed by atoms with Gasteiger partial charge in [-0.05, 0) is 38.1 Å². The number of hydrogen-bond acceptors (Lipinski definition) is 4. The molecule has 0 aromatic heterocycles. The zero-order valence-electron chi connectivity index (χ0n) is 12.8. The quantitative estimate of drug-likeness (QED) is 0.716. The molecule has 0 saturated carbocycles. The Hall–Kier alpha value is -2.00. The summed E-state index contributed by atoms with van der Waals surface area (Å²) < 4.78 is 50.3. The van der Waals surface area contributed by atoms with Crippen molar-refractivity contribution in [1.29, 1.82) is 0 Å². The maximum atomic E-state index is 12.0. The number of ether oxygens (including phenoxy) is 3. The van der Waals surface area contributed by atoms with Gasteiger partial charge in [0.05, 0.1) is 6.54 Å². The molecule has 0 aliphatic carbocycles. The first-order valence-corrected chi connectivity index (χ1v) is 6.98. The second-order valence-electron chi connectivity index (χ2n) is 4.25. The van der Waals surface area contributed by atoms with E-state index in [0.29, 0.717) is 18.9 Å². The maximum absolute atomic E-state index is 12.0. The Morgan fingerprint density at radius 1 is 1.13 bits per heavy atom. The number of carbonyl (C=O) groups excluding carboxylic acids is 1. The number of rotatable bonds is 8. The van der Waals surface area contributed by atoms with E-state index in [9.17, 15) is 18.0 Å². The molecule has 2 N–H and O–H groups in total. The molecule has 0 unspecified atom stereocenters. The van der Waals surface area contributed by atoms with E-state index >= 15 is 0 Å². The van der Waals surface area contributed by atoms with Gasteiger partial charge in [0, 0.05) is 18.9 Å². The highest BCUT2D eigenvalue weighted by Gasteiger charge is 2.30.